The highest BCUT2D eigenvalue weighted by Gasteiger charge is 2.23. The van der Waals surface area contributed by atoms with Crippen LogP contribution in [-0.4, -0.2) is 83.5 Å². The van der Waals surface area contributed by atoms with Gasteiger partial charge in [0.25, 0.3) is 11.7 Å². The smallest absolute Gasteiger partial charge is 0.277 e. The zero-order valence-corrected chi connectivity index (χ0v) is 18.6. The first-order valence-electron chi connectivity index (χ1n) is 11.5. The Morgan fingerprint density at radius 1 is 0.606 bits per heavy atom. The van der Waals surface area contributed by atoms with E-state index in [0.29, 0.717) is 13.1 Å². The molecule has 1 aromatic heterocycles. The average Bonchev–Trinajstić information content (AvgIpc) is 3.61. The van der Waals surface area contributed by atoms with Crippen molar-refractivity contribution in [3.8, 4) is 22.6 Å². The first kappa shape index (κ1) is 21.4. The Balaban J connectivity index is 1.33. The van der Waals surface area contributed by atoms with Crippen molar-refractivity contribution in [3.05, 3.63) is 71.8 Å². The molecule has 3 heterocycles. The highest BCUT2D eigenvalue weighted by atomic mass is 16.3. The Hall–Kier alpha value is -3.42. The van der Waals surface area contributed by atoms with Crippen molar-refractivity contribution < 1.29 is 23.8 Å². The van der Waals surface area contributed by atoms with Gasteiger partial charge in [-0.2, -0.15) is 0 Å². The number of hydrogen-bond acceptors (Lipinski definition) is 5. The molecule has 0 saturated carbocycles. The van der Waals surface area contributed by atoms with Gasteiger partial charge in [-0.05, 0) is 36.4 Å². The summed E-state index contributed by atoms with van der Waals surface area (Å²) in [6, 6.07) is 20.7. The van der Waals surface area contributed by atoms with Crippen molar-refractivity contribution in [1.29, 1.82) is 0 Å². The molecule has 0 spiro atoms. The largest absolute Gasteiger partial charge is 0.456 e. The zero-order chi connectivity index (χ0) is 22.6. The normalized spacial score (nSPS) is 15.8. The van der Waals surface area contributed by atoms with Crippen molar-refractivity contribution in [1.82, 2.24) is 10.6 Å². The van der Waals surface area contributed by atoms with E-state index < -0.39 is 0 Å². The second-order valence-electron chi connectivity index (χ2n) is 8.29. The van der Waals surface area contributed by atoms with E-state index in [0.717, 1.165) is 71.6 Å². The van der Waals surface area contributed by atoms with Crippen LogP contribution in [0.15, 0.2) is 65.1 Å². The van der Waals surface area contributed by atoms with E-state index in [1.165, 1.54) is 0 Å². The molecule has 0 unspecified atom stereocenters. The van der Waals surface area contributed by atoms with Gasteiger partial charge in [0.15, 0.2) is 0 Å². The van der Waals surface area contributed by atoms with Crippen LogP contribution in [0.2, 0.25) is 0 Å². The fourth-order valence-electron chi connectivity index (χ4n) is 4.56. The SMILES string of the molecule is OCC[N+]1=C(c2ccc(-c3ccc(-c4ccc(C5=[N+](CCO)CCN5)cc4)o3)cc2)NCC1. The van der Waals surface area contributed by atoms with Gasteiger partial charge in [-0.3, -0.25) is 19.8 Å². The predicted molar refractivity (Wildman–Crippen MR) is 128 cm³/mol. The number of β-amino-alcohol motifs (C(OH)–C–C–N with tert-alkyl or cyclic N) is 2. The Bertz CT molecular complexity index is 1090. The number of hydrogen-bond donors (Lipinski definition) is 4. The molecule has 7 nitrogen and oxygen atoms in total. The standard InChI is InChI=1S/C26H28N4O3/c31-17-15-29-13-11-27-25(29)21-5-1-19(2-6-21)23-9-10-24(33-23)20-3-7-22(8-4-20)26-28-12-14-30(26)16-18-32/h1-10,31-32H,11-18H2/p+2. The molecule has 0 saturated heterocycles. The van der Waals surface area contributed by atoms with E-state index in [1.807, 2.05) is 12.1 Å². The van der Waals surface area contributed by atoms with Gasteiger partial charge in [-0.25, -0.2) is 0 Å². The van der Waals surface area contributed by atoms with E-state index >= 15 is 0 Å². The lowest BCUT2D eigenvalue weighted by molar-refractivity contribution is -0.519. The molecule has 4 N–H and O–H groups in total. The van der Waals surface area contributed by atoms with Crippen LogP contribution in [-0.2, 0) is 0 Å². The second-order valence-corrected chi connectivity index (χ2v) is 8.29. The third-order valence-electron chi connectivity index (χ3n) is 6.21. The molecule has 3 aromatic rings. The number of furan rings is 1. The van der Waals surface area contributed by atoms with Crippen molar-refractivity contribution in [2.24, 2.45) is 0 Å². The molecule has 2 aromatic carbocycles. The van der Waals surface area contributed by atoms with Gasteiger partial charge < -0.3 is 14.6 Å². The summed E-state index contributed by atoms with van der Waals surface area (Å²) in [5, 5.41) is 25.4. The maximum atomic E-state index is 9.27. The zero-order valence-electron chi connectivity index (χ0n) is 18.6. The van der Waals surface area contributed by atoms with Crippen LogP contribution in [0, 0.1) is 0 Å². The summed E-state index contributed by atoms with van der Waals surface area (Å²) in [5.74, 6) is 3.81. The third kappa shape index (κ3) is 4.42. The molecule has 2 aliphatic heterocycles. The first-order valence-corrected chi connectivity index (χ1v) is 11.5. The molecule has 0 fully saturated rings. The lowest BCUT2D eigenvalue weighted by atomic mass is 10.1. The van der Waals surface area contributed by atoms with Gasteiger partial charge in [-0.1, -0.05) is 24.3 Å². The van der Waals surface area contributed by atoms with Gasteiger partial charge in [0.05, 0.1) is 24.3 Å². The number of nitrogens with one attached hydrogen (secondary N) is 2. The molecule has 2 aliphatic rings. The first-order chi connectivity index (χ1) is 16.3. The van der Waals surface area contributed by atoms with Crippen LogP contribution in [0.4, 0.5) is 0 Å². The van der Waals surface area contributed by atoms with Crippen LogP contribution in [0.1, 0.15) is 11.1 Å². The molecule has 0 atom stereocenters. The average molecular weight is 447 g/mol. The molecular formula is C26H30N4O3+2. The number of amidine groups is 2. The fraction of sp³-hybridized carbons (Fsp3) is 0.308. The number of rotatable bonds is 8. The predicted octanol–water partition coefficient (Wildman–Crippen LogP) is 1.32. The van der Waals surface area contributed by atoms with Crippen LogP contribution in [0.25, 0.3) is 22.6 Å². The quantitative estimate of drug-likeness (QED) is 0.393. The van der Waals surface area contributed by atoms with E-state index in [-0.39, 0.29) is 13.2 Å². The van der Waals surface area contributed by atoms with Crippen LogP contribution < -0.4 is 10.6 Å². The summed E-state index contributed by atoms with van der Waals surface area (Å²) in [7, 11) is 0. The van der Waals surface area contributed by atoms with Crippen LogP contribution in [0.3, 0.4) is 0 Å². The topological polar surface area (TPSA) is 83.7 Å². The van der Waals surface area contributed by atoms with Gasteiger partial charge in [0.1, 0.15) is 50.8 Å². The van der Waals surface area contributed by atoms with E-state index in [1.54, 1.807) is 0 Å². The maximum absolute atomic E-state index is 9.27. The molecule has 5 rings (SSSR count). The number of aliphatic hydroxyl groups excluding tert-OH is 2. The molecular weight excluding hydrogens is 416 g/mol. The summed E-state index contributed by atoms with van der Waals surface area (Å²) < 4.78 is 10.5. The Morgan fingerprint density at radius 2 is 1.00 bits per heavy atom. The summed E-state index contributed by atoms with van der Waals surface area (Å²) in [6.07, 6.45) is 0. The Morgan fingerprint density at radius 3 is 1.39 bits per heavy atom. The minimum atomic E-state index is 0.149. The minimum absolute atomic E-state index is 0.149. The molecule has 0 radical (unpaired) electrons. The van der Waals surface area contributed by atoms with Crippen molar-refractivity contribution >= 4 is 11.7 Å². The lowest BCUT2D eigenvalue weighted by Gasteiger charge is -2.04. The summed E-state index contributed by atoms with van der Waals surface area (Å²) >= 11 is 0. The Labute approximate surface area is 193 Å². The minimum Gasteiger partial charge on any atom is -0.456 e. The summed E-state index contributed by atoms with van der Waals surface area (Å²) in [6.45, 7) is 5.18. The fourth-order valence-corrected chi connectivity index (χ4v) is 4.56. The number of nitrogens with zero attached hydrogens (tertiary/aromatic N) is 2. The molecule has 0 amide bonds. The number of benzene rings is 2. The van der Waals surface area contributed by atoms with E-state index in [4.69, 9.17) is 4.42 Å². The van der Waals surface area contributed by atoms with Crippen LogP contribution in [0.5, 0.6) is 0 Å². The lowest BCUT2D eigenvalue weighted by Crippen LogP contribution is -2.25. The second kappa shape index (κ2) is 9.60. The third-order valence-corrected chi connectivity index (χ3v) is 6.21. The number of aliphatic hydroxyl groups is 2. The molecule has 33 heavy (non-hydrogen) atoms. The van der Waals surface area contributed by atoms with Gasteiger partial charge in [-0.15, -0.1) is 0 Å². The summed E-state index contributed by atoms with van der Waals surface area (Å²) in [5.41, 5.74) is 4.28. The highest BCUT2D eigenvalue weighted by Crippen LogP contribution is 2.29. The maximum Gasteiger partial charge on any atom is 0.277 e. The van der Waals surface area contributed by atoms with Crippen LogP contribution >= 0.6 is 0 Å². The summed E-state index contributed by atoms with van der Waals surface area (Å²) in [4.78, 5) is 0. The van der Waals surface area contributed by atoms with E-state index in [9.17, 15) is 10.2 Å². The molecule has 0 bridgehead atoms. The van der Waals surface area contributed by atoms with Crippen molar-refractivity contribution in [2.45, 2.75) is 0 Å². The van der Waals surface area contributed by atoms with Gasteiger partial charge in [0.2, 0.25) is 0 Å². The molecule has 170 valence electrons. The highest BCUT2D eigenvalue weighted by molar-refractivity contribution is 5.96. The molecule has 7 heteroatoms. The van der Waals surface area contributed by atoms with E-state index in [2.05, 4.69) is 68.3 Å². The molecule has 0 aliphatic carbocycles. The van der Waals surface area contributed by atoms with Gasteiger partial charge in [0, 0.05) is 11.1 Å². The Kier molecular flexibility index (Phi) is 6.24. The van der Waals surface area contributed by atoms with Crippen molar-refractivity contribution in [3.63, 3.8) is 0 Å². The van der Waals surface area contributed by atoms with Gasteiger partial charge >= 0.3 is 0 Å². The van der Waals surface area contributed by atoms with Crippen molar-refractivity contribution in [2.75, 3.05) is 52.5 Å². The monoisotopic (exact) mass is 446 g/mol.